The zero-order chi connectivity index (χ0) is 14.8. The molecule has 0 bridgehead atoms. The fourth-order valence-electron chi connectivity index (χ4n) is 2.32. The Balaban J connectivity index is 2.28. The standard InChI is InChI=1S/C16H14FN3O/c1-21-13-8-4-7-12-15(13)16(19-9-14(18)20-12)10-5-2-3-6-11(10)17/h2-8H,9H2,1H3,(H2,18,20). The molecule has 0 spiro atoms. The van der Waals surface area contributed by atoms with E-state index in [4.69, 9.17) is 10.5 Å². The summed E-state index contributed by atoms with van der Waals surface area (Å²) >= 11 is 0. The highest BCUT2D eigenvalue weighted by Gasteiger charge is 2.21. The van der Waals surface area contributed by atoms with E-state index in [0.29, 0.717) is 34.1 Å². The monoisotopic (exact) mass is 283 g/mol. The molecule has 4 nitrogen and oxygen atoms in total. The summed E-state index contributed by atoms with van der Waals surface area (Å²) in [4.78, 5) is 8.76. The topological polar surface area (TPSA) is 60.0 Å². The van der Waals surface area contributed by atoms with Gasteiger partial charge in [-0.3, -0.25) is 4.99 Å². The molecule has 2 aromatic rings. The van der Waals surface area contributed by atoms with Crippen LogP contribution in [0.5, 0.6) is 5.75 Å². The van der Waals surface area contributed by atoms with E-state index in [0.717, 1.165) is 0 Å². The van der Waals surface area contributed by atoms with E-state index in [2.05, 4.69) is 9.98 Å². The van der Waals surface area contributed by atoms with Crippen LogP contribution in [0.3, 0.4) is 0 Å². The normalized spacial score (nSPS) is 13.8. The molecular formula is C16H14FN3O. The lowest BCUT2D eigenvalue weighted by Crippen LogP contribution is -2.15. The Morgan fingerprint density at radius 2 is 1.95 bits per heavy atom. The Morgan fingerprint density at radius 1 is 1.14 bits per heavy atom. The van der Waals surface area contributed by atoms with E-state index in [-0.39, 0.29) is 12.4 Å². The van der Waals surface area contributed by atoms with Gasteiger partial charge in [0.15, 0.2) is 0 Å². The number of halogens is 1. The summed E-state index contributed by atoms with van der Waals surface area (Å²) in [6, 6.07) is 11.9. The highest BCUT2D eigenvalue weighted by Crippen LogP contribution is 2.33. The highest BCUT2D eigenvalue weighted by atomic mass is 19.1. The van der Waals surface area contributed by atoms with Gasteiger partial charge in [-0.2, -0.15) is 0 Å². The molecule has 0 aromatic heterocycles. The minimum absolute atomic E-state index is 0.224. The predicted molar refractivity (Wildman–Crippen MR) is 81.2 cm³/mol. The van der Waals surface area contributed by atoms with Crippen LogP contribution in [0.2, 0.25) is 0 Å². The van der Waals surface area contributed by atoms with Gasteiger partial charge in [0, 0.05) is 5.56 Å². The third-order valence-electron chi connectivity index (χ3n) is 3.25. The molecule has 3 rings (SSSR count). The van der Waals surface area contributed by atoms with Crippen LogP contribution < -0.4 is 10.5 Å². The summed E-state index contributed by atoms with van der Waals surface area (Å²) in [5.41, 5.74) is 8.03. The van der Waals surface area contributed by atoms with Crippen LogP contribution in [0.4, 0.5) is 10.1 Å². The SMILES string of the molecule is COc1cccc2c1C(c1ccccc1F)=NCC(N)=N2. The van der Waals surface area contributed by atoms with Crippen LogP contribution in [0.15, 0.2) is 52.4 Å². The van der Waals surface area contributed by atoms with Gasteiger partial charge >= 0.3 is 0 Å². The second kappa shape index (κ2) is 5.36. The summed E-state index contributed by atoms with van der Waals surface area (Å²) < 4.78 is 19.5. The largest absolute Gasteiger partial charge is 0.496 e. The number of amidine groups is 1. The summed E-state index contributed by atoms with van der Waals surface area (Å²) in [7, 11) is 1.56. The molecular weight excluding hydrogens is 269 g/mol. The van der Waals surface area contributed by atoms with Crippen molar-refractivity contribution in [2.75, 3.05) is 13.7 Å². The number of nitrogens with two attached hydrogens (primary N) is 1. The summed E-state index contributed by atoms with van der Waals surface area (Å²) in [5.74, 6) is 0.636. The van der Waals surface area contributed by atoms with E-state index in [9.17, 15) is 4.39 Å². The molecule has 0 aliphatic carbocycles. The number of benzene rings is 2. The minimum atomic E-state index is -0.339. The number of aliphatic imine (C=N–C) groups is 2. The van der Waals surface area contributed by atoms with Gasteiger partial charge in [0.25, 0.3) is 0 Å². The van der Waals surface area contributed by atoms with Crippen molar-refractivity contribution < 1.29 is 9.13 Å². The molecule has 21 heavy (non-hydrogen) atoms. The smallest absolute Gasteiger partial charge is 0.132 e. The average molecular weight is 283 g/mol. The van der Waals surface area contributed by atoms with Crippen LogP contribution in [0.1, 0.15) is 11.1 Å². The minimum Gasteiger partial charge on any atom is -0.496 e. The molecule has 2 aromatic carbocycles. The van der Waals surface area contributed by atoms with Crippen molar-refractivity contribution >= 4 is 17.2 Å². The van der Waals surface area contributed by atoms with E-state index >= 15 is 0 Å². The predicted octanol–water partition coefficient (Wildman–Crippen LogP) is 2.67. The number of fused-ring (bicyclic) bond motifs is 1. The van der Waals surface area contributed by atoms with Gasteiger partial charge in [-0.1, -0.05) is 18.2 Å². The van der Waals surface area contributed by atoms with Gasteiger partial charge in [0.2, 0.25) is 0 Å². The Bertz CT molecular complexity index is 753. The second-order valence-corrected chi connectivity index (χ2v) is 4.60. The van der Waals surface area contributed by atoms with E-state index < -0.39 is 0 Å². The van der Waals surface area contributed by atoms with Crippen molar-refractivity contribution in [1.82, 2.24) is 0 Å². The first kappa shape index (κ1) is 13.3. The molecule has 0 saturated carbocycles. The maximum atomic E-state index is 14.1. The van der Waals surface area contributed by atoms with Crippen molar-refractivity contribution in [2.45, 2.75) is 0 Å². The van der Waals surface area contributed by atoms with Crippen molar-refractivity contribution in [3.63, 3.8) is 0 Å². The lowest BCUT2D eigenvalue weighted by atomic mass is 9.99. The molecule has 1 aliphatic heterocycles. The molecule has 1 aliphatic rings. The molecule has 5 heteroatoms. The lowest BCUT2D eigenvalue weighted by molar-refractivity contribution is 0.414. The third kappa shape index (κ3) is 2.38. The highest BCUT2D eigenvalue weighted by molar-refractivity contribution is 6.19. The first-order chi connectivity index (χ1) is 10.2. The number of rotatable bonds is 2. The van der Waals surface area contributed by atoms with Gasteiger partial charge in [0.05, 0.1) is 30.6 Å². The van der Waals surface area contributed by atoms with Gasteiger partial charge in [0.1, 0.15) is 17.4 Å². The number of ether oxygens (including phenoxy) is 1. The van der Waals surface area contributed by atoms with E-state index in [1.807, 2.05) is 12.1 Å². The van der Waals surface area contributed by atoms with Crippen LogP contribution >= 0.6 is 0 Å². The Labute approximate surface area is 121 Å². The molecule has 0 radical (unpaired) electrons. The molecule has 2 N–H and O–H groups in total. The Morgan fingerprint density at radius 3 is 2.71 bits per heavy atom. The van der Waals surface area contributed by atoms with E-state index in [1.54, 1.807) is 31.4 Å². The zero-order valence-electron chi connectivity index (χ0n) is 11.5. The number of nitrogens with zero attached hydrogens (tertiary/aromatic N) is 2. The summed E-state index contributed by atoms with van der Waals surface area (Å²) in [5, 5.41) is 0. The molecule has 0 fully saturated rings. The molecule has 0 atom stereocenters. The van der Waals surface area contributed by atoms with Crippen molar-refractivity contribution in [1.29, 1.82) is 0 Å². The van der Waals surface area contributed by atoms with Crippen LogP contribution in [-0.4, -0.2) is 25.2 Å². The van der Waals surface area contributed by atoms with Crippen LogP contribution in [0.25, 0.3) is 0 Å². The van der Waals surface area contributed by atoms with Gasteiger partial charge < -0.3 is 10.5 Å². The summed E-state index contributed by atoms with van der Waals surface area (Å²) in [6.45, 7) is 0.224. The summed E-state index contributed by atoms with van der Waals surface area (Å²) in [6.07, 6.45) is 0. The number of hydrogen-bond acceptors (Lipinski definition) is 4. The van der Waals surface area contributed by atoms with Crippen LogP contribution in [-0.2, 0) is 0 Å². The molecule has 1 heterocycles. The fourth-order valence-corrected chi connectivity index (χ4v) is 2.32. The average Bonchev–Trinajstić information content (AvgIpc) is 2.66. The van der Waals surface area contributed by atoms with Crippen LogP contribution in [0, 0.1) is 5.82 Å². The lowest BCUT2D eigenvalue weighted by Gasteiger charge is -2.13. The van der Waals surface area contributed by atoms with Crippen molar-refractivity contribution in [3.05, 3.63) is 59.4 Å². The molecule has 0 saturated heterocycles. The maximum Gasteiger partial charge on any atom is 0.132 e. The first-order valence-corrected chi connectivity index (χ1v) is 6.50. The fraction of sp³-hybridized carbons (Fsp3) is 0.125. The van der Waals surface area contributed by atoms with Gasteiger partial charge in [-0.05, 0) is 24.3 Å². The van der Waals surface area contributed by atoms with Gasteiger partial charge in [-0.25, -0.2) is 9.38 Å². The third-order valence-corrected chi connectivity index (χ3v) is 3.25. The van der Waals surface area contributed by atoms with Crippen molar-refractivity contribution in [3.8, 4) is 5.75 Å². The number of methoxy groups -OCH3 is 1. The zero-order valence-corrected chi connectivity index (χ0v) is 11.5. The maximum absolute atomic E-state index is 14.1. The van der Waals surface area contributed by atoms with Gasteiger partial charge in [-0.15, -0.1) is 0 Å². The Hall–Kier alpha value is -2.69. The van der Waals surface area contributed by atoms with E-state index in [1.165, 1.54) is 6.07 Å². The second-order valence-electron chi connectivity index (χ2n) is 4.60. The Kier molecular flexibility index (Phi) is 3.39. The molecule has 0 amide bonds. The first-order valence-electron chi connectivity index (χ1n) is 6.50. The quantitative estimate of drug-likeness (QED) is 0.921. The number of hydrogen-bond donors (Lipinski definition) is 1. The molecule has 0 unspecified atom stereocenters. The molecule has 106 valence electrons. The van der Waals surface area contributed by atoms with Crippen molar-refractivity contribution in [2.24, 2.45) is 15.7 Å².